The minimum Gasteiger partial charge on any atom is -0.262 e. The third kappa shape index (κ3) is 1.91. The quantitative estimate of drug-likeness (QED) is 0.797. The highest BCUT2D eigenvalue weighted by Crippen LogP contribution is 2.24. The molecule has 4 nitrogen and oxygen atoms in total. The van der Waals surface area contributed by atoms with Gasteiger partial charge in [0.15, 0.2) is 0 Å². The van der Waals surface area contributed by atoms with Crippen LogP contribution in [-0.4, -0.2) is 31.5 Å². The average molecular weight is 234 g/mol. The Kier molecular flexibility index (Phi) is 2.78. The molecule has 5 heteroatoms. The number of hydrogen-bond donors (Lipinski definition) is 0. The number of hydrogen-bond acceptors (Lipinski definition) is 4. The second-order valence-corrected chi connectivity index (χ2v) is 5.37. The average Bonchev–Trinajstić information content (AvgIpc) is 2.74. The van der Waals surface area contributed by atoms with E-state index in [1.54, 1.807) is 12.4 Å². The summed E-state index contributed by atoms with van der Waals surface area (Å²) in [4.78, 5) is 4.05. The van der Waals surface area contributed by atoms with Crippen molar-refractivity contribution in [1.29, 1.82) is 0 Å². The molecule has 1 aliphatic rings. The summed E-state index contributed by atoms with van der Waals surface area (Å²) in [5.74, 6) is 3.32. The lowest BCUT2D eigenvalue weighted by molar-refractivity contribution is 0.422. The highest BCUT2D eigenvalue weighted by Gasteiger charge is 2.16. The SMILES string of the molecule is c1cc2c(cn1)nnn2CC1CCCSC1. The van der Waals surface area contributed by atoms with Gasteiger partial charge in [-0.1, -0.05) is 5.21 Å². The van der Waals surface area contributed by atoms with Crippen LogP contribution in [-0.2, 0) is 6.54 Å². The van der Waals surface area contributed by atoms with Crippen LogP contribution in [0.15, 0.2) is 18.5 Å². The predicted molar refractivity (Wildman–Crippen MR) is 65.4 cm³/mol. The monoisotopic (exact) mass is 234 g/mol. The summed E-state index contributed by atoms with van der Waals surface area (Å²) in [5, 5.41) is 8.33. The first-order valence-electron chi connectivity index (χ1n) is 5.64. The lowest BCUT2D eigenvalue weighted by atomic mass is 10.1. The number of rotatable bonds is 2. The summed E-state index contributed by atoms with van der Waals surface area (Å²) in [5.41, 5.74) is 2.00. The van der Waals surface area contributed by atoms with Gasteiger partial charge in [-0.2, -0.15) is 11.8 Å². The summed E-state index contributed by atoms with van der Waals surface area (Å²) < 4.78 is 2.02. The molecular weight excluding hydrogens is 220 g/mol. The second kappa shape index (κ2) is 4.41. The summed E-state index contributed by atoms with van der Waals surface area (Å²) in [6.45, 7) is 0.994. The Morgan fingerprint density at radius 2 is 2.50 bits per heavy atom. The van der Waals surface area contributed by atoms with Crippen molar-refractivity contribution in [2.24, 2.45) is 5.92 Å². The summed E-state index contributed by atoms with van der Waals surface area (Å²) in [6.07, 6.45) is 6.23. The zero-order valence-corrected chi connectivity index (χ0v) is 9.86. The van der Waals surface area contributed by atoms with Crippen molar-refractivity contribution in [3.05, 3.63) is 18.5 Å². The van der Waals surface area contributed by atoms with Gasteiger partial charge in [0.2, 0.25) is 0 Å². The van der Waals surface area contributed by atoms with Gasteiger partial charge >= 0.3 is 0 Å². The van der Waals surface area contributed by atoms with Crippen LogP contribution >= 0.6 is 11.8 Å². The molecule has 0 spiro atoms. The lowest BCUT2D eigenvalue weighted by Crippen LogP contribution is -2.18. The molecule has 2 aromatic heterocycles. The third-order valence-corrected chi connectivity index (χ3v) is 4.29. The van der Waals surface area contributed by atoms with Gasteiger partial charge in [0.25, 0.3) is 0 Å². The maximum atomic E-state index is 4.21. The highest BCUT2D eigenvalue weighted by atomic mass is 32.2. The van der Waals surface area contributed by atoms with Gasteiger partial charge in [0.1, 0.15) is 5.52 Å². The van der Waals surface area contributed by atoms with Crippen molar-refractivity contribution >= 4 is 22.8 Å². The van der Waals surface area contributed by atoms with Crippen molar-refractivity contribution < 1.29 is 0 Å². The van der Waals surface area contributed by atoms with Gasteiger partial charge in [-0.05, 0) is 36.3 Å². The molecule has 1 unspecified atom stereocenters. The molecule has 1 aliphatic heterocycles. The largest absolute Gasteiger partial charge is 0.262 e. The van der Waals surface area contributed by atoms with Crippen molar-refractivity contribution in [1.82, 2.24) is 20.0 Å². The van der Waals surface area contributed by atoms with Crippen LogP contribution in [0.2, 0.25) is 0 Å². The summed E-state index contributed by atoms with van der Waals surface area (Å²) >= 11 is 2.06. The molecule has 3 heterocycles. The fourth-order valence-corrected chi connectivity index (χ4v) is 3.30. The van der Waals surface area contributed by atoms with E-state index < -0.39 is 0 Å². The maximum absolute atomic E-state index is 4.21. The lowest BCUT2D eigenvalue weighted by Gasteiger charge is -2.20. The van der Waals surface area contributed by atoms with Gasteiger partial charge in [-0.3, -0.25) is 4.98 Å². The number of nitrogens with zero attached hydrogens (tertiary/aromatic N) is 4. The van der Waals surface area contributed by atoms with Crippen LogP contribution in [0, 0.1) is 5.92 Å². The van der Waals surface area contributed by atoms with E-state index in [4.69, 9.17) is 0 Å². The Morgan fingerprint density at radius 1 is 1.50 bits per heavy atom. The van der Waals surface area contributed by atoms with Gasteiger partial charge in [0.05, 0.1) is 11.7 Å². The molecule has 0 N–H and O–H groups in total. The van der Waals surface area contributed by atoms with E-state index in [0.717, 1.165) is 23.5 Å². The summed E-state index contributed by atoms with van der Waals surface area (Å²) in [7, 11) is 0. The molecule has 3 rings (SSSR count). The van der Waals surface area contributed by atoms with E-state index in [-0.39, 0.29) is 0 Å². The number of aromatic nitrogens is 4. The Balaban J connectivity index is 1.83. The molecule has 0 amide bonds. The zero-order valence-electron chi connectivity index (χ0n) is 9.04. The molecule has 16 heavy (non-hydrogen) atoms. The van der Waals surface area contributed by atoms with Crippen molar-refractivity contribution in [2.75, 3.05) is 11.5 Å². The predicted octanol–water partition coefficient (Wildman–Crippen LogP) is 1.97. The molecule has 0 saturated carbocycles. The van der Waals surface area contributed by atoms with Crippen molar-refractivity contribution in [3.63, 3.8) is 0 Å². The molecule has 2 aromatic rings. The van der Waals surface area contributed by atoms with Crippen LogP contribution in [0.5, 0.6) is 0 Å². The van der Waals surface area contributed by atoms with Gasteiger partial charge < -0.3 is 0 Å². The van der Waals surface area contributed by atoms with Crippen LogP contribution in [0.4, 0.5) is 0 Å². The Labute approximate surface area is 98.4 Å². The molecule has 84 valence electrons. The molecule has 1 atom stereocenters. The first-order chi connectivity index (χ1) is 7.93. The van der Waals surface area contributed by atoms with Crippen molar-refractivity contribution in [2.45, 2.75) is 19.4 Å². The molecule has 0 radical (unpaired) electrons. The zero-order chi connectivity index (χ0) is 10.8. The van der Waals surface area contributed by atoms with E-state index >= 15 is 0 Å². The number of thioether (sulfide) groups is 1. The maximum Gasteiger partial charge on any atom is 0.131 e. The van der Waals surface area contributed by atoms with Crippen LogP contribution in [0.25, 0.3) is 11.0 Å². The Bertz CT molecular complexity index is 476. The molecule has 0 bridgehead atoms. The topological polar surface area (TPSA) is 43.6 Å². The Hall–Kier alpha value is -1.10. The fourth-order valence-electron chi connectivity index (χ4n) is 2.16. The van der Waals surface area contributed by atoms with E-state index in [1.807, 2.05) is 10.7 Å². The van der Waals surface area contributed by atoms with Gasteiger partial charge in [-0.25, -0.2) is 4.68 Å². The smallest absolute Gasteiger partial charge is 0.131 e. The Morgan fingerprint density at radius 3 is 3.38 bits per heavy atom. The highest BCUT2D eigenvalue weighted by molar-refractivity contribution is 7.99. The first-order valence-corrected chi connectivity index (χ1v) is 6.80. The van der Waals surface area contributed by atoms with Crippen molar-refractivity contribution in [3.8, 4) is 0 Å². The van der Waals surface area contributed by atoms with Crippen LogP contribution in [0.1, 0.15) is 12.8 Å². The molecule has 0 aliphatic carbocycles. The normalized spacial score (nSPS) is 21.4. The molecular formula is C11H14N4S. The minimum atomic E-state index is 0.747. The van der Waals surface area contributed by atoms with Crippen LogP contribution < -0.4 is 0 Å². The minimum absolute atomic E-state index is 0.747. The van der Waals surface area contributed by atoms with Gasteiger partial charge in [0, 0.05) is 12.7 Å². The fraction of sp³-hybridized carbons (Fsp3) is 0.545. The van der Waals surface area contributed by atoms with E-state index in [9.17, 15) is 0 Å². The van der Waals surface area contributed by atoms with Gasteiger partial charge in [-0.15, -0.1) is 5.10 Å². The molecule has 1 fully saturated rings. The number of fused-ring (bicyclic) bond motifs is 1. The number of pyridine rings is 1. The second-order valence-electron chi connectivity index (χ2n) is 4.22. The summed E-state index contributed by atoms with van der Waals surface area (Å²) in [6, 6.07) is 1.99. The van der Waals surface area contributed by atoms with Crippen LogP contribution in [0.3, 0.4) is 0 Å². The standard InChI is InChI=1S/C11H14N4S/c1-2-9(8-16-5-1)7-15-11-3-4-12-6-10(11)13-14-15/h3-4,6,9H,1-2,5,7-8H2. The first kappa shape index (κ1) is 10.1. The van der Waals surface area contributed by atoms with E-state index in [1.165, 1.54) is 24.3 Å². The van der Waals surface area contributed by atoms with E-state index in [0.29, 0.717) is 0 Å². The molecule has 0 aromatic carbocycles. The molecule has 1 saturated heterocycles. The van der Waals surface area contributed by atoms with E-state index in [2.05, 4.69) is 27.1 Å². The third-order valence-electron chi connectivity index (χ3n) is 3.00.